The maximum Gasteiger partial charge on any atom is 0.289 e. The van der Waals surface area contributed by atoms with Gasteiger partial charge in [0.15, 0.2) is 5.76 Å². The largest absolute Gasteiger partial charge is 0.451 e. The molecule has 0 radical (unpaired) electrons. The third-order valence-electron chi connectivity index (χ3n) is 5.98. The van der Waals surface area contributed by atoms with Crippen LogP contribution in [0.25, 0.3) is 11.0 Å². The van der Waals surface area contributed by atoms with E-state index >= 15 is 0 Å². The van der Waals surface area contributed by atoms with Gasteiger partial charge in [0.25, 0.3) is 11.8 Å². The molecule has 0 unspecified atom stereocenters. The SMILES string of the molecule is CN(C)S(=O)(=O)c1ccc(C(=O)NCC2CCN(C(=O)c3cc4ccccc4o3)CC2)cc1. The lowest BCUT2D eigenvalue weighted by Gasteiger charge is -2.31. The van der Waals surface area contributed by atoms with Gasteiger partial charge in [-0.15, -0.1) is 0 Å². The molecule has 174 valence electrons. The molecule has 0 atom stereocenters. The number of carbonyl (C=O) groups excluding carboxylic acids is 2. The first-order valence-electron chi connectivity index (χ1n) is 10.8. The Morgan fingerprint density at radius 3 is 2.36 bits per heavy atom. The molecule has 1 aliphatic rings. The van der Waals surface area contributed by atoms with Crippen LogP contribution >= 0.6 is 0 Å². The summed E-state index contributed by atoms with van der Waals surface area (Å²) in [6, 6.07) is 15.2. The van der Waals surface area contributed by atoms with Gasteiger partial charge in [-0.05, 0) is 55.2 Å². The van der Waals surface area contributed by atoms with Crippen LogP contribution < -0.4 is 5.32 Å². The number of likely N-dealkylation sites (tertiary alicyclic amines) is 1. The van der Waals surface area contributed by atoms with Crippen LogP contribution in [0.4, 0.5) is 0 Å². The maximum atomic E-state index is 12.8. The Bertz CT molecular complexity index is 1220. The molecule has 2 heterocycles. The molecule has 0 saturated carbocycles. The first-order chi connectivity index (χ1) is 15.8. The van der Waals surface area contributed by atoms with Crippen molar-refractivity contribution in [2.75, 3.05) is 33.7 Å². The fraction of sp³-hybridized carbons (Fsp3) is 0.333. The summed E-state index contributed by atoms with van der Waals surface area (Å²) in [7, 11) is -0.599. The van der Waals surface area contributed by atoms with E-state index in [1.807, 2.05) is 24.3 Å². The van der Waals surface area contributed by atoms with Gasteiger partial charge in [-0.2, -0.15) is 0 Å². The Morgan fingerprint density at radius 2 is 1.73 bits per heavy atom. The molecule has 2 aromatic carbocycles. The van der Waals surface area contributed by atoms with Crippen molar-refractivity contribution in [3.8, 4) is 0 Å². The molecule has 9 heteroatoms. The van der Waals surface area contributed by atoms with Gasteiger partial charge in [0.05, 0.1) is 4.90 Å². The minimum Gasteiger partial charge on any atom is -0.451 e. The van der Waals surface area contributed by atoms with Crippen molar-refractivity contribution in [3.05, 3.63) is 65.9 Å². The summed E-state index contributed by atoms with van der Waals surface area (Å²) in [4.78, 5) is 27.2. The molecule has 1 aromatic heterocycles. The monoisotopic (exact) mass is 469 g/mol. The molecular formula is C24H27N3O5S. The molecule has 1 aliphatic heterocycles. The highest BCUT2D eigenvalue weighted by molar-refractivity contribution is 7.89. The highest BCUT2D eigenvalue weighted by Gasteiger charge is 2.26. The number of nitrogens with zero attached hydrogens (tertiary/aromatic N) is 2. The predicted octanol–water partition coefficient (Wildman–Crippen LogP) is 2.97. The number of para-hydroxylation sites is 1. The van der Waals surface area contributed by atoms with Gasteiger partial charge in [0.2, 0.25) is 10.0 Å². The Morgan fingerprint density at radius 1 is 1.06 bits per heavy atom. The van der Waals surface area contributed by atoms with Crippen LogP contribution in [0.1, 0.15) is 33.8 Å². The number of benzene rings is 2. The highest BCUT2D eigenvalue weighted by atomic mass is 32.2. The number of carbonyl (C=O) groups is 2. The molecule has 1 saturated heterocycles. The maximum absolute atomic E-state index is 12.8. The Balaban J connectivity index is 1.28. The molecule has 4 rings (SSSR count). The zero-order chi connectivity index (χ0) is 23.6. The third-order valence-corrected chi connectivity index (χ3v) is 7.81. The van der Waals surface area contributed by atoms with E-state index in [1.165, 1.54) is 38.4 Å². The van der Waals surface area contributed by atoms with Crippen LogP contribution in [-0.2, 0) is 10.0 Å². The second-order valence-electron chi connectivity index (χ2n) is 8.41. The number of rotatable bonds is 6. The molecule has 0 bridgehead atoms. The third kappa shape index (κ3) is 4.94. The second-order valence-corrected chi connectivity index (χ2v) is 10.6. The number of furan rings is 1. The molecule has 0 aliphatic carbocycles. The quantitative estimate of drug-likeness (QED) is 0.598. The second kappa shape index (κ2) is 9.36. The molecule has 33 heavy (non-hydrogen) atoms. The molecule has 0 spiro atoms. The number of hydrogen-bond donors (Lipinski definition) is 1. The van der Waals surface area contributed by atoms with Gasteiger partial charge in [0.1, 0.15) is 5.58 Å². The van der Waals surface area contributed by atoms with E-state index in [-0.39, 0.29) is 22.6 Å². The zero-order valence-electron chi connectivity index (χ0n) is 18.7. The summed E-state index contributed by atoms with van der Waals surface area (Å²) < 4.78 is 31.1. The van der Waals surface area contributed by atoms with Gasteiger partial charge in [-0.25, -0.2) is 12.7 Å². The lowest BCUT2D eigenvalue weighted by molar-refractivity contribution is 0.0655. The fourth-order valence-corrected chi connectivity index (χ4v) is 4.81. The van der Waals surface area contributed by atoms with E-state index < -0.39 is 10.0 Å². The number of amides is 2. The molecule has 1 fully saturated rings. The number of fused-ring (bicyclic) bond motifs is 1. The van der Waals surface area contributed by atoms with E-state index in [4.69, 9.17) is 4.42 Å². The standard InChI is InChI=1S/C24H27N3O5S/c1-26(2)33(30,31)20-9-7-18(8-10-20)23(28)25-16-17-11-13-27(14-12-17)24(29)22-15-19-5-3-4-6-21(19)32-22/h3-10,15,17H,11-14,16H2,1-2H3,(H,25,28). The fourth-order valence-electron chi connectivity index (χ4n) is 3.91. The molecule has 3 aromatic rings. The normalized spacial score (nSPS) is 15.2. The topological polar surface area (TPSA) is 99.9 Å². The number of sulfonamides is 1. The molecule has 1 N–H and O–H groups in total. The number of piperidine rings is 1. The van der Waals surface area contributed by atoms with E-state index in [0.717, 1.165) is 22.5 Å². The van der Waals surface area contributed by atoms with E-state index in [2.05, 4.69) is 5.32 Å². The van der Waals surface area contributed by atoms with Crippen LogP contribution in [0.2, 0.25) is 0 Å². The van der Waals surface area contributed by atoms with Crippen LogP contribution in [0.15, 0.2) is 63.9 Å². The van der Waals surface area contributed by atoms with Crippen molar-refractivity contribution < 1.29 is 22.4 Å². The van der Waals surface area contributed by atoms with Crippen molar-refractivity contribution in [3.63, 3.8) is 0 Å². The summed E-state index contributed by atoms with van der Waals surface area (Å²) >= 11 is 0. The minimum atomic E-state index is -3.53. The van der Waals surface area contributed by atoms with Gasteiger partial charge in [0, 0.05) is 44.7 Å². The summed E-state index contributed by atoms with van der Waals surface area (Å²) in [6.45, 7) is 1.71. The van der Waals surface area contributed by atoms with Crippen molar-refractivity contribution >= 4 is 32.8 Å². The van der Waals surface area contributed by atoms with Gasteiger partial charge < -0.3 is 14.6 Å². The van der Waals surface area contributed by atoms with E-state index in [9.17, 15) is 18.0 Å². The number of nitrogens with one attached hydrogen (secondary N) is 1. The predicted molar refractivity (Wildman–Crippen MR) is 124 cm³/mol. The Hall–Kier alpha value is -3.17. The Labute approximate surface area is 193 Å². The van der Waals surface area contributed by atoms with E-state index in [1.54, 1.807) is 11.0 Å². The van der Waals surface area contributed by atoms with Crippen LogP contribution in [-0.4, -0.2) is 63.2 Å². The first-order valence-corrected chi connectivity index (χ1v) is 12.3. The van der Waals surface area contributed by atoms with Gasteiger partial charge >= 0.3 is 0 Å². The summed E-state index contributed by atoms with van der Waals surface area (Å²) in [5, 5.41) is 3.83. The average molecular weight is 470 g/mol. The molecule has 2 amide bonds. The number of hydrogen-bond acceptors (Lipinski definition) is 5. The van der Waals surface area contributed by atoms with Crippen LogP contribution in [0.3, 0.4) is 0 Å². The minimum absolute atomic E-state index is 0.110. The summed E-state index contributed by atoms with van der Waals surface area (Å²) in [5.41, 5.74) is 1.11. The highest BCUT2D eigenvalue weighted by Crippen LogP contribution is 2.23. The van der Waals surface area contributed by atoms with Gasteiger partial charge in [-0.1, -0.05) is 18.2 Å². The Kier molecular flexibility index (Phi) is 6.53. The van der Waals surface area contributed by atoms with Crippen LogP contribution in [0.5, 0.6) is 0 Å². The van der Waals surface area contributed by atoms with Crippen molar-refractivity contribution in [2.45, 2.75) is 17.7 Å². The average Bonchev–Trinajstić information content (AvgIpc) is 3.27. The van der Waals surface area contributed by atoms with Crippen molar-refractivity contribution in [1.82, 2.24) is 14.5 Å². The van der Waals surface area contributed by atoms with Crippen LogP contribution in [0, 0.1) is 5.92 Å². The van der Waals surface area contributed by atoms with Gasteiger partial charge in [-0.3, -0.25) is 9.59 Å². The first kappa shape index (κ1) is 23.0. The zero-order valence-corrected chi connectivity index (χ0v) is 19.5. The van der Waals surface area contributed by atoms with Crippen molar-refractivity contribution in [1.29, 1.82) is 0 Å². The summed E-state index contributed by atoms with van der Waals surface area (Å²) in [5.74, 6) is 0.260. The van der Waals surface area contributed by atoms with E-state index in [0.29, 0.717) is 36.5 Å². The molecular weight excluding hydrogens is 442 g/mol. The lowest BCUT2D eigenvalue weighted by atomic mass is 9.96. The smallest absolute Gasteiger partial charge is 0.289 e. The lowest BCUT2D eigenvalue weighted by Crippen LogP contribution is -2.41. The summed E-state index contributed by atoms with van der Waals surface area (Å²) in [6.07, 6.45) is 1.57. The molecule has 8 nitrogen and oxygen atoms in total. The van der Waals surface area contributed by atoms with Crippen molar-refractivity contribution in [2.24, 2.45) is 5.92 Å².